The highest BCUT2D eigenvalue weighted by atomic mass is 16.5. The Balaban J connectivity index is 1.79. The third-order valence-electron chi connectivity index (χ3n) is 4.00. The second kappa shape index (κ2) is 7.82. The quantitative estimate of drug-likeness (QED) is 0.776. The zero-order chi connectivity index (χ0) is 15.9. The number of methoxy groups -OCH3 is 1. The van der Waals surface area contributed by atoms with Gasteiger partial charge < -0.3 is 19.9 Å². The van der Waals surface area contributed by atoms with Gasteiger partial charge in [0.05, 0.1) is 7.11 Å². The van der Waals surface area contributed by atoms with E-state index in [1.807, 2.05) is 6.20 Å². The molecule has 0 aliphatic heterocycles. The van der Waals surface area contributed by atoms with Crippen molar-refractivity contribution in [2.24, 2.45) is 0 Å². The highest BCUT2D eigenvalue weighted by Crippen LogP contribution is 2.31. The molecule has 7 heteroatoms. The van der Waals surface area contributed by atoms with Crippen molar-refractivity contribution in [3.8, 4) is 0 Å². The highest BCUT2D eigenvalue weighted by Gasteiger charge is 2.21. The number of nitrogens with one attached hydrogen (secondary N) is 2. The van der Waals surface area contributed by atoms with Gasteiger partial charge in [0.1, 0.15) is 12.4 Å². The van der Waals surface area contributed by atoms with Crippen LogP contribution in [-0.4, -0.2) is 41.8 Å². The van der Waals surface area contributed by atoms with E-state index in [1.165, 1.54) is 38.5 Å². The van der Waals surface area contributed by atoms with Gasteiger partial charge in [-0.1, -0.05) is 12.8 Å². The van der Waals surface area contributed by atoms with Crippen LogP contribution in [0.5, 0.6) is 0 Å². The van der Waals surface area contributed by atoms with Crippen molar-refractivity contribution in [1.82, 2.24) is 20.2 Å². The predicted octanol–water partition coefficient (Wildman–Crippen LogP) is 1.32. The maximum Gasteiger partial charge on any atom is 0.325 e. The Morgan fingerprint density at radius 2 is 2.09 bits per heavy atom. The Morgan fingerprint density at radius 1 is 1.36 bits per heavy atom. The van der Waals surface area contributed by atoms with E-state index >= 15 is 0 Å². The molecule has 1 aromatic rings. The third-order valence-corrected chi connectivity index (χ3v) is 4.00. The number of esters is 1. The summed E-state index contributed by atoms with van der Waals surface area (Å²) in [4.78, 5) is 26.9. The van der Waals surface area contributed by atoms with Gasteiger partial charge in [0, 0.05) is 30.9 Å². The van der Waals surface area contributed by atoms with Crippen molar-refractivity contribution < 1.29 is 14.3 Å². The SMILES string of the molecule is COC(=O)CNC(=O)NCCc1ncc(C)n1C1CCCC1. The second-order valence-electron chi connectivity index (χ2n) is 5.56. The van der Waals surface area contributed by atoms with Gasteiger partial charge in [0.15, 0.2) is 0 Å². The molecule has 1 aliphatic rings. The summed E-state index contributed by atoms with van der Waals surface area (Å²) in [5.74, 6) is 0.542. The molecule has 2 amide bonds. The van der Waals surface area contributed by atoms with Crippen molar-refractivity contribution >= 4 is 12.0 Å². The zero-order valence-electron chi connectivity index (χ0n) is 13.2. The first-order valence-corrected chi connectivity index (χ1v) is 7.73. The number of hydrogen-bond donors (Lipinski definition) is 2. The largest absolute Gasteiger partial charge is 0.468 e. The van der Waals surface area contributed by atoms with E-state index in [-0.39, 0.29) is 12.6 Å². The number of rotatable bonds is 6. The molecule has 0 atom stereocenters. The van der Waals surface area contributed by atoms with E-state index in [0.29, 0.717) is 19.0 Å². The molecule has 1 aromatic heterocycles. The fraction of sp³-hybridized carbons (Fsp3) is 0.667. The van der Waals surface area contributed by atoms with E-state index < -0.39 is 5.97 Å². The Kier molecular flexibility index (Phi) is 5.80. The number of aromatic nitrogens is 2. The number of carbonyl (C=O) groups is 2. The standard InChI is InChI=1S/C15H24N4O3/c1-11-9-17-13(19(11)12-5-3-4-6-12)7-8-16-15(21)18-10-14(20)22-2/h9,12H,3-8,10H2,1-2H3,(H2,16,18,21). The minimum atomic E-state index is -0.470. The molecule has 0 radical (unpaired) electrons. The van der Waals surface area contributed by atoms with Crippen molar-refractivity contribution in [1.29, 1.82) is 0 Å². The molecule has 0 spiro atoms. The fourth-order valence-corrected chi connectivity index (χ4v) is 2.92. The Hall–Kier alpha value is -2.05. The number of amides is 2. The first-order valence-electron chi connectivity index (χ1n) is 7.73. The number of ether oxygens (including phenoxy) is 1. The van der Waals surface area contributed by atoms with Crippen LogP contribution in [0.25, 0.3) is 0 Å². The molecule has 1 fully saturated rings. The number of aryl methyl sites for hydroxylation is 1. The van der Waals surface area contributed by atoms with Crippen LogP contribution in [0.15, 0.2) is 6.20 Å². The average Bonchev–Trinajstić information content (AvgIpc) is 3.14. The molecular weight excluding hydrogens is 284 g/mol. The maximum atomic E-state index is 11.5. The average molecular weight is 308 g/mol. The van der Waals surface area contributed by atoms with Gasteiger partial charge in [-0.3, -0.25) is 4.79 Å². The summed E-state index contributed by atoms with van der Waals surface area (Å²) >= 11 is 0. The van der Waals surface area contributed by atoms with E-state index in [0.717, 1.165) is 5.82 Å². The van der Waals surface area contributed by atoms with Gasteiger partial charge in [-0.05, 0) is 19.8 Å². The van der Waals surface area contributed by atoms with Crippen molar-refractivity contribution in [3.05, 3.63) is 17.7 Å². The zero-order valence-corrected chi connectivity index (χ0v) is 13.2. The molecular formula is C15H24N4O3. The summed E-state index contributed by atoms with van der Waals surface area (Å²) < 4.78 is 6.76. The van der Waals surface area contributed by atoms with E-state index in [4.69, 9.17) is 0 Å². The van der Waals surface area contributed by atoms with Crippen LogP contribution < -0.4 is 10.6 Å². The van der Waals surface area contributed by atoms with E-state index in [2.05, 4.69) is 31.8 Å². The van der Waals surface area contributed by atoms with Crippen LogP contribution in [0.4, 0.5) is 4.79 Å². The molecule has 0 saturated heterocycles. The number of imidazole rings is 1. The Bertz CT molecular complexity index is 521. The van der Waals surface area contributed by atoms with Gasteiger partial charge in [-0.2, -0.15) is 0 Å². The summed E-state index contributed by atoms with van der Waals surface area (Å²) in [7, 11) is 1.28. The minimum absolute atomic E-state index is 0.127. The smallest absolute Gasteiger partial charge is 0.325 e. The summed E-state index contributed by atoms with van der Waals surface area (Å²) in [5, 5.41) is 5.17. The first-order chi connectivity index (χ1) is 10.6. The van der Waals surface area contributed by atoms with Crippen molar-refractivity contribution in [2.75, 3.05) is 20.2 Å². The first kappa shape index (κ1) is 16.3. The van der Waals surface area contributed by atoms with Gasteiger partial charge in [-0.15, -0.1) is 0 Å². The van der Waals surface area contributed by atoms with Gasteiger partial charge >= 0.3 is 12.0 Å². The van der Waals surface area contributed by atoms with Gasteiger partial charge in [0.25, 0.3) is 0 Å². The number of carbonyl (C=O) groups excluding carboxylic acids is 2. The van der Waals surface area contributed by atoms with Crippen LogP contribution >= 0.6 is 0 Å². The summed E-state index contributed by atoms with van der Waals surface area (Å²) in [5.41, 5.74) is 1.18. The van der Waals surface area contributed by atoms with Gasteiger partial charge in [-0.25, -0.2) is 9.78 Å². The molecule has 0 unspecified atom stereocenters. The number of hydrogen-bond acceptors (Lipinski definition) is 4. The molecule has 122 valence electrons. The van der Waals surface area contributed by atoms with Crippen molar-refractivity contribution in [2.45, 2.75) is 45.1 Å². The minimum Gasteiger partial charge on any atom is -0.468 e. The third kappa shape index (κ3) is 4.22. The lowest BCUT2D eigenvalue weighted by molar-refractivity contribution is -0.139. The number of nitrogens with zero attached hydrogens (tertiary/aromatic N) is 2. The lowest BCUT2D eigenvalue weighted by Crippen LogP contribution is -2.39. The highest BCUT2D eigenvalue weighted by molar-refractivity contribution is 5.80. The molecule has 1 heterocycles. The summed E-state index contributed by atoms with van der Waals surface area (Å²) in [6, 6.07) is 0.173. The molecule has 1 aliphatic carbocycles. The summed E-state index contributed by atoms with van der Waals surface area (Å²) in [6.45, 7) is 2.43. The Labute approximate surface area is 130 Å². The van der Waals surface area contributed by atoms with Crippen LogP contribution in [0.2, 0.25) is 0 Å². The van der Waals surface area contributed by atoms with Crippen LogP contribution in [0.3, 0.4) is 0 Å². The maximum absolute atomic E-state index is 11.5. The van der Waals surface area contributed by atoms with Crippen molar-refractivity contribution in [3.63, 3.8) is 0 Å². The Morgan fingerprint density at radius 3 is 2.77 bits per heavy atom. The molecule has 1 saturated carbocycles. The normalized spacial score (nSPS) is 14.8. The van der Waals surface area contributed by atoms with Crippen LogP contribution in [0, 0.1) is 6.92 Å². The molecule has 22 heavy (non-hydrogen) atoms. The molecule has 2 N–H and O–H groups in total. The topological polar surface area (TPSA) is 85.2 Å². The van der Waals surface area contributed by atoms with Crippen LogP contribution in [-0.2, 0) is 16.0 Å². The fourth-order valence-electron chi connectivity index (χ4n) is 2.92. The molecule has 0 bridgehead atoms. The number of urea groups is 1. The lowest BCUT2D eigenvalue weighted by Gasteiger charge is -2.17. The monoisotopic (exact) mass is 308 g/mol. The van der Waals surface area contributed by atoms with E-state index in [1.54, 1.807) is 0 Å². The molecule has 2 rings (SSSR count). The lowest BCUT2D eigenvalue weighted by atomic mass is 10.2. The molecule has 7 nitrogen and oxygen atoms in total. The second-order valence-corrected chi connectivity index (χ2v) is 5.56. The van der Waals surface area contributed by atoms with E-state index in [9.17, 15) is 9.59 Å². The predicted molar refractivity (Wildman–Crippen MR) is 81.6 cm³/mol. The van der Waals surface area contributed by atoms with Crippen LogP contribution in [0.1, 0.15) is 43.2 Å². The van der Waals surface area contributed by atoms with Gasteiger partial charge in [0.2, 0.25) is 0 Å². The molecule has 0 aromatic carbocycles. The summed E-state index contributed by atoms with van der Waals surface area (Å²) in [6.07, 6.45) is 7.53.